The van der Waals surface area contributed by atoms with E-state index in [-0.39, 0.29) is 24.1 Å². The third-order valence-electron chi connectivity index (χ3n) is 3.00. The van der Waals surface area contributed by atoms with Crippen LogP contribution in [0.3, 0.4) is 0 Å². The maximum atomic E-state index is 13.7. The van der Waals surface area contributed by atoms with Gasteiger partial charge >= 0.3 is 0 Å². The minimum Gasteiger partial charge on any atom is -0.490 e. The fraction of sp³-hybridized carbons (Fsp3) is 0.571. The first-order valence-corrected chi connectivity index (χ1v) is 6.44. The number of halogens is 1. The number of rotatable bonds is 7. The van der Waals surface area contributed by atoms with Crippen LogP contribution in [0.25, 0.3) is 0 Å². The van der Waals surface area contributed by atoms with E-state index in [4.69, 9.17) is 9.84 Å². The molecule has 1 aromatic rings. The molecule has 1 aliphatic rings. The van der Waals surface area contributed by atoms with Gasteiger partial charge in [0, 0.05) is 25.1 Å². The minimum atomic E-state index is -0.338. The Morgan fingerprint density at radius 2 is 2.28 bits per heavy atom. The molecule has 0 amide bonds. The fourth-order valence-corrected chi connectivity index (χ4v) is 1.61. The molecule has 1 atom stereocenters. The lowest BCUT2D eigenvalue weighted by Crippen LogP contribution is -2.16. The Hall–Kier alpha value is -1.13. The van der Waals surface area contributed by atoms with E-state index in [1.165, 1.54) is 18.9 Å². The van der Waals surface area contributed by atoms with Gasteiger partial charge < -0.3 is 15.2 Å². The molecule has 3 nitrogen and oxygen atoms in total. The summed E-state index contributed by atoms with van der Waals surface area (Å²) >= 11 is 0. The zero-order valence-electron chi connectivity index (χ0n) is 10.7. The van der Waals surface area contributed by atoms with Crippen LogP contribution in [-0.2, 0) is 6.54 Å². The standard InChI is InChI=1S/C14H20FNO2/c1-10(8-17)9-18-14-5-2-11(6-13(14)15)7-16-12-3-4-12/h2,5-6,10,12,16-17H,3-4,7-9H2,1H3. The number of aliphatic hydroxyl groups excluding tert-OH is 1. The molecule has 0 heterocycles. The predicted molar refractivity (Wildman–Crippen MR) is 68.0 cm³/mol. The third-order valence-corrected chi connectivity index (χ3v) is 3.00. The molecule has 0 saturated heterocycles. The molecule has 1 aliphatic carbocycles. The van der Waals surface area contributed by atoms with E-state index in [0.717, 1.165) is 5.56 Å². The molecule has 0 aromatic heterocycles. The van der Waals surface area contributed by atoms with Crippen molar-refractivity contribution >= 4 is 0 Å². The number of hydrogen-bond donors (Lipinski definition) is 2. The number of benzene rings is 1. The van der Waals surface area contributed by atoms with E-state index in [2.05, 4.69) is 5.32 Å². The number of ether oxygens (including phenoxy) is 1. The molecule has 4 heteroatoms. The highest BCUT2D eigenvalue weighted by Crippen LogP contribution is 2.21. The van der Waals surface area contributed by atoms with Crippen molar-refractivity contribution in [3.8, 4) is 5.75 Å². The molecule has 2 N–H and O–H groups in total. The van der Waals surface area contributed by atoms with E-state index in [9.17, 15) is 4.39 Å². The van der Waals surface area contributed by atoms with Gasteiger partial charge in [0.05, 0.1) is 6.61 Å². The van der Waals surface area contributed by atoms with Gasteiger partial charge in [0.2, 0.25) is 0 Å². The molecule has 0 radical (unpaired) electrons. The van der Waals surface area contributed by atoms with Crippen LogP contribution in [0.5, 0.6) is 5.75 Å². The highest BCUT2D eigenvalue weighted by Gasteiger charge is 2.20. The van der Waals surface area contributed by atoms with Crippen LogP contribution in [-0.4, -0.2) is 24.4 Å². The Balaban J connectivity index is 1.87. The molecule has 1 fully saturated rings. The van der Waals surface area contributed by atoms with Crippen LogP contribution in [0.15, 0.2) is 18.2 Å². The lowest BCUT2D eigenvalue weighted by Gasteiger charge is -2.12. The molecule has 18 heavy (non-hydrogen) atoms. The zero-order valence-corrected chi connectivity index (χ0v) is 10.7. The number of nitrogens with one attached hydrogen (secondary N) is 1. The van der Waals surface area contributed by atoms with Crippen molar-refractivity contribution in [2.45, 2.75) is 32.4 Å². The smallest absolute Gasteiger partial charge is 0.165 e. The first-order valence-electron chi connectivity index (χ1n) is 6.44. The molecular weight excluding hydrogens is 233 g/mol. The average molecular weight is 253 g/mol. The second-order valence-corrected chi connectivity index (χ2v) is 5.02. The Kier molecular flexibility index (Phi) is 4.55. The van der Waals surface area contributed by atoms with Gasteiger partial charge in [-0.2, -0.15) is 0 Å². The summed E-state index contributed by atoms with van der Waals surface area (Å²) in [5.41, 5.74) is 0.932. The predicted octanol–water partition coefficient (Wildman–Crippen LogP) is 2.08. The molecule has 1 unspecified atom stereocenters. The Morgan fingerprint density at radius 1 is 1.50 bits per heavy atom. The van der Waals surface area contributed by atoms with Gasteiger partial charge in [-0.1, -0.05) is 13.0 Å². The van der Waals surface area contributed by atoms with Gasteiger partial charge in [-0.3, -0.25) is 0 Å². The van der Waals surface area contributed by atoms with Crippen LogP contribution in [0.2, 0.25) is 0 Å². The molecule has 100 valence electrons. The summed E-state index contributed by atoms with van der Waals surface area (Å²) in [5, 5.41) is 12.2. The number of hydrogen-bond acceptors (Lipinski definition) is 3. The fourth-order valence-electron chi connectivity index (χ4n) is 1.61. The SMILES string of the molecule is CC(CO)COc1ccc(CNC2CC2)cc1F. The first kappa shape index (κ1) is 13.3. The van der Waals surface area contributed by atoms with Gasteiger partial charge in [0.1, 0.15) is 0 Å². The molecule has 1 saturated carbocycles. The maximum absolute atomic E-state index is 13.7. The van der Waals surface area contributed by atoms with Gasteiger partial charge in [0.25, 0.3) is 0 Å². The summed E-state index contributed by atoms with van der Waals surface area (Å²) in [6, 6.07) is 5.66. The minimum absolute atomic E-state index is 0.0145. The van der Waals surface area contributed by atoms with Crippen molar-refractivity contribution < 1.29 is 14.2 Å². The Labute approximate surface area is 107 Å². The topological polar surface area (TPSA) is 41.5 Å². The quantitative estimate of drug-likeness (QED) is 0.781. The summed E-state index contributed by atoms with van der Waals surface area (Å²) in [5.74, 6) is -0.0682. The lowest BCUT2D eigenvalue weighted by atomic mass is 10.2. The van der Waals surface area contributed by atoms with Crippen molar-refractivity contribution in [1.82, 2.24) is 5.32 Å². The van der Waals surface area contributed by atoms with E-state index < -0.39 is 0 Å². The first-order chi connectivity index (χ1) is 8.69. The van der Waals surface area contributed by atoms with Gasteiger partial charge in [-0.25, -0.2) is 4.39 Å². The maximum Gasteiger partial charge on any atom is 0.165 e. The summed E-state index contributed by atoms with van der Waals surface area (Å²) < 4.78 is 19.1. The van der Waals surface area contributed by atoms with Crippen molar-refractivity contribution in [3.63, 3.8) is 0 Å². The van der Waals surface area contributed by atoms with E-state index in [1.54, 1.807) is 6.07 Å². The lowest BCUT2D eigenvalue weighted by molar-refractivity contribution is 0.171. The normalized spacial score (nSPS) is 16.6. The largest absolute Gasteiger partial charge is 0.490 e. The van der Waals surface area contributed by atoms with E-state index >= 15 is 0 Å². The second kappa shape index (κ2) is 6.16. The van der Waals surface area contributed by atoms with Gasteiger partial charge in [-0.05, 0) is 30.5 Å². The van der Waals surface area contributed by atoms with Crippen LogP contribution in [0.1, 0.15) is 25.3 Å². The molecule has 0 spiro atoms. The summed E-state index contributed by atoms with van der Waals surface area (Å²) in [4.78, 5) is 0. The summed E-state index contributed by atoms with van der Waals surface area (Å²) in [6.07, 6.45) is 2.45. The Morgan fingerprint density at radius 3 is 2.89 bits per heavy atom. The molecule has 0 bridgehead atoms. The van der Waals surface area contributed by atoms with Crippen LogP contribution in [0.4, 0.5) is 4.39 Å². The van der Waals surface area contributed by atoms with Crippen molar-refractivity contribution in [2.75, 3.05) is 13.2 Å². The monoisotopic (exact) mass is 253 g/mol. The molecular formula is C14H20FNO2. The third kappa shape index (κ3) is 3.96. The molecule has 0 aliphatic heterocycles. The Bertz CT molecular complexity index is 393. The second-order valence-electron chi connectivity index (χ2n) is 5.02. The van der Waals surface area contributed by atoms with E-state index in [1.807, 2.05) is 13.0 Å². The molecule has 2 rings (SSSR count). The van der Waals surface area contributed by atoms with Crippen LogP contribution in [0, 0.1) is 11.7 Å². The number of aliphatic hydroxyl groups is 1. The highest BCUT2D eigenvalue weighted by atomic mass is 19.1. The van der Waals surface area contributed by atoms with Crippen LogP contribution < -0.4 is 10.1 Å². The average Bonchev–Trinajstić information content (AvgIpc) is 3.18. The van der Waals surface area contributed by atoms with Gasteiger partial charge in [0.15, 0.2) is 11.6 Å². The van der Waals surface area contributed by atoms with Crippen LogP contribution >= 0.6 is 0 Å². The highest BCUT2D eigenvalue weighted by molar-refractivity contribution is 5.29. The van der Waals surface area contributed by atoms with Crippen molar-refractivity contribution in [3.05, 3.63) is 29.6 Å². The molecule has 1 aromatic carbocycles. The van der Waals surface area contributed by atoms with Crippen molar-refractivity contribution in [1.29, 1.82) is 0 Å². The van der Waals surface area contributed by atoms with Crippen molar-refractivity contribution in [2.24, 2.45) is 5.92 Å². The van der Waals surface area contributed by atoms with Gasteiger partial charge in [-0.15, -0.1) is 0 Å². The van der Waals surface area contributed by atoms with E-state index in [0.29, 0.717) is 19.2 Å². The summed E-state index contributed by atoms with van der Waals surface area (Å²) in [7, 11) is 0. The summed E-state index contributed by atoms with van der Waals surface area (Å²) in [6.45, 7) is 2.93. The zero-order chi connectivity index (χ0) is 13.0.